The molecule has 0 aliphatic heterocycles. The number of carbonyl (C=O) groups is 4. The second kappa shape index (κ2) is 73.6. The Balaban J connectivity index is 5.24. The van der Waals surface area contributed by atoms with E-state index in [0.29, 0.717) is 25.7 Å². The minimum atomic E-state index is -4.96. The molecule has 600 valence electrons. The van der Waals surface area contributed by atoms with Gasteiger partial charge in [-0.05, 0) is 37.5 Å². The molecule has 0 amide bonds. The summed E-state index contributed by atoms with van der Waals surface area (Å²) in [5.74, 6) is -0.505. The van der Waals surface area contributed by atoms with E-state index in [1.807, 2.05) is 0 Å². The van der Waals surface area contributed by atoms with Gasteiger partial charge in [-0.25, -0.2) is 9.13 Å². The Hall–Kier alpha value is -1.94. The van der Waals surface area contributed by atoms with E-state index in [9.17, 15) is 43.2 Å². The SMILES string of the molecule is CCCCCCCCCCCCCCCCCCC(=O)O[C@H](COC(=O)CCCCCCCCCCCC)COP(=O)(O)OC[C@H](O)COP(=O)(O)OC[C@@H](COC(=O)CCCCCCCCCCCCCCCC(C)C)OC(=O)CCCCCCCCCCCCCCCCCCC(C)C. The summed E-state index contributed by atoms with van der Waals surface area (Å²) in [5.41, 5.74) is 0. The molecule has 0 rings (SSSR count). The molecule has 3 N–H and O–H groups in total. The lowest BCUT2D eigenvalue weighted by atomic mass is 10.0. The number of hydrogen-bond acceptors (Lipinski definition) is 15. The molecule has 0 saturated carbocycles. The molecule has 0 aliphatic carbocycles. The highest BCUT2D eigenvalue weighted by Crippen LogP contribution is 2.45. The number of phosphoric ester groups is 2. The molecular weight excluding hydrogens is 1320 g/mol. The number of esters is 4. The van der Waals surface area contributed by atoms with Gasteiger partial charge in [-0.3, -0.25) is 37.3 Å². The van der Waals surface area contributed by atoms with Crippen LogP contribution in [0.5, 0.6) is 0 Å². The summed E-state index contributed by atoms with van der Waals surface area (Å²) in [4.78, 5) is 73.1. The average molecular weight is 1480 g/mol. The molecule has 5 atom stereocenters. The molecule has 101 heavy (non-hydrogen) atoms. The van der Waals surface area contributed by atoms with Gasteiger partial charge >= 0.3 is 39.5 Å². The summed E-state index contributed by atoms with van der Waals surface area (Å²) >= 11 is 0. The predicted octanol–water partition coefficient (Wildman–Crippen LogP) is 24.7. The van der Waals surface area contributed by atoms with Crippen molar-refractivity contribution in [3.63, 3.8) is 0 Å². The molecule has 2 unspecified atom stereocenters. The van der Waals surface area contributed by atoms with Crippen molar-refractivity contribution in [2.45, 2.75) is 452 Å². The fraction of sp³-hybridized carbons (Fsp3) is 0.951. The van der Waals surface area contributed by atoms with E-state index < -0.39 is 97.5 Å². The number of phosphoric acid groups is 2. The number of carbonyl (C=O) groups excluding carboxylic acids is 4. The van der Waals surface area contributed by atoms with E-state index in [-0.39, 0.29) is 25.7 Å². The number of aliphatic hydroxyl groups is 1. The van der Waals surface area contributed by atoms with Crippen molar-refractivity contribution in [2.75, 3.05) is 39.6 Å². The molecule has 19 heteroatoms. The van der Waals surface area contributed by atoms with Crippen molar-refractivity contribution >= 4 is 39.5 Å². The van der Waals surface area contributed by atoms with Crippen LogP contribution >= 0.6 is 15.6 Å². The molecule has 0 aromatic heterocycles. The highest BCUT2D eigenvalue weighted by molar-refractivity contribution is 7.47. The largest absolute Gasteiger partial charge is 0.472 e. The summed E-state index contributed by atoms with van der Waals surface area (Å²) in [6.07, 6.45) is 63.7. The van der Waals surface area contributed by atoms with Crippen LogP contribution in [0, 0.1) is 11.8 Å². The van der Waals surface area contributed by atoms with Crippen LogP contribution in [0.2, 0.25) is 0 Å². The third-order valence-corrected chi connectivity index (χ3v) is 21.1. The van der Waals surface area contributed by atoms with Gasteiger partial charge < -0.3 is 33.8 Å². The van der Waals surface area contributed by atoms with Crippen LogP contribution in [0.4, 0.5) is 0 Å². The van der Waals surface area contributed by atoms with Crippen LogP contribution < -0.4 is 0 Å². The summed E-state index contributed by atoms with van der Waals surface area (Å²) < 4.78 is 68.8. The van der Waals surface area contributed by atoms with Crippen LogP contribution in [0.15, 0.2) is 0 Å². The van der Waals surface area contributed by atoms with Gasteiger partial charge in [0.25, 0.3) is 0 Å². The molecule has 0 heterocycles. The van der Waals surface area contributed by atoms with Crippen molar-refractivity contribution in [1.29, 1.82) is 0 Å². The smallest absolute Gasteiger partial charge is 0.462 e. The number of hydrogen-bond donors (Lipinski definition) is 3. The van der Waals surface area contributed by atoms with Gasteiger partial charge in [-0.2, -0.15) is 0 Å². The van der Waals surface area contributed by atoms with Gasteiger partial charge in [0.1, 0.15) is 19.3 Å². The van der Waals surface area contributed by atoms with Gasteiger partial charge in [-0.15, -0.1) is 0 Å². The third-order valence-electron chi connectivity index (χ3n) is 19.2. The lowest BCUT2D eigenvalue weighted by Crippen LogP contribution is -2.30. The highest BCUT2D eigenvalue weighted by Gasteiger charge is 2.30. The van der Waals surface area contributed by atoms with Gasteiger partial charge in [0.05, 0.1) is 26.4 Å². The quantitative estimate of drug-likeness (QED) is 0.0222. The average Bonchev–Trinajstić information content (AvgIpc) is 0.957. The molecule has 17 nitrogen and oxygen atoms in total. The molecule has 0 spiro atoms. The lowest BCUT2D eigenvalue weighted by molar-refractivity contribution is -0.161. The van der Waals surface area contributed by atoms with Gasteiger partial charge in [0.2, 0.25) is 0 Å². The van der Waals surface area contributed by atoms with E-state index in [1.165, 1.54) is 250 Å². The molecule has 0 saturated heterocycles. The van der Waals surface area contributed by atoms with Crippen molar-refractivity contribution < 1.29 is 80.2 Å². The zero-order valence-corrected chi connectivity index (χ0v) is 68.0. The topological polar surface area (TPSA) is 237 Å². The van der Waals surface area contributed by atoms with Crippen LogP contribution in [0.3, 0.4) is 0 Å². The number of aliphatic hydroxyl groups excluding tert-OH is 1. The second-order valence-corrected chi connectivity index (χ2v) is 33.4. The first kappa shape index (κ1) is 99.1. The number of ether oxygens (including phenoxy) is 4. The normalized spacial score (nSPS) is 13.9. The van der Waals surface area contributed by atoms with Crippen LogP contribution in [-0.4, -0.2) is 96.7 Å². The van der Waals surface area contributed by atoms with Crippen LogP contribution in [0.25, 0.3) is 0 Å². The monoisotopic (exact) mass is 1480 g/mol. The molecule has 0 aromatic carbocycles. The van der Waals surface area contributed by atoms with Gasteiger partial charge in [-0.1, -0.05) is 382 Å². The Bertz CT molecular complexity index is 1940. The first-order valence-corrected chi connectivity index (χ1v) is 45.5. The Labute approximate surface area is 619 Å². The van der Waals surface area contributed by atoms with Gasteiger partial charge in [0.15, 0.2) is 12.2 Å². The van der Waals surface area contributed by atoms with Crippen molar-refractivity contribution in [3.8, 4) is 0 Å². The predicted molar refractivity (Wildman–Crippen MR) is 414 cm³/mol. The maximum atomic E-state index is 13.1. The maximum Gasteiger partial charge on any atom is 0.472 e. The minimum Gasteiger partial charge on any atom is -0.462 e. The molecule has 0 aromatic rings. The van der Waals surface area contributed by atoms with E-state index in [2.05, 4.69) is 41.5 Å². The first-order chi connectivity index (χ1) is 48.9. The van der Waals surface area contributed by atoms with Crippen molar-refractivity contribution in [2.24, 2.45) is 11.8 Å². The Morgan fingerprint density at radius 2 is 0.455 bits per heavy atom. The second-order valence-electron chi connectivity index (χ2n) is 30.5. The maximum absolute atomic E-state index is 13.1. The molecule has 0 fully saturated rings. The fourth-order valence-corrected chi connectivity index (χ4v) is 14.3. The van der Waals surface area contributed by atoms with Crippen molar-refractivity contribution in [3.05, 3.63) is 0 Å². The zero-order valence-electron chi connectivity index (χ0n) is 66.2. The summed E-state index contributed by atoms with van der Waals surface area (Å²) in [6.45, 7) is 9.69. The number of unbranched alkanes of at least 4 members (excludes halogenated alkanes) is 51. The van der Waals surface area contributed by atoms with Crippen LogP contribution in [0.1, 0.15) is 433 Å². The Kier molecular flexibility index (Phi) is 72.2. The standard InChI is InChI=1S/C82H160O17P2/c1-7-9-11-13-15-17-19-20-21-25-30-36-42-48-54-60-66-81(86)98-77(70-92-79(84)64-58-52-46-40-18-16-14-12-10-8-2)72-96-100(88,89)94-68-76(83)69-95-101(90,91)97-73-78(71-93-80(85)65-59-53-47-41-35-32-27-29-34-39-45-51-57-63-75(5)6)99-82(87)67-61-55-49-43-37-31-26-23-22-24-28-33-38-44-50-56-62-74(3)4/h74-78,83H,7-73H2,1-6H3,(H,88,89)(H,90,91)/t76-,77+,78+/m0/s1. The summed E-state index contributed by atoms with van der Waals surface area (Å²) in [7, 11) is -9.92. The van der Waals surface area contributed by atoms with Gasteiger partial charge in [0, 0.05) is 25.7 Å². The molecule has 0 radical (unpaired) electrons. The number of rotatable bonds is 81. The molecular formula is C82H160O17P2. The Morgan fingerprint density at radius 1 is 0.267 bits per heavy atom. The first-order valence-electron chi connectivity index (χ1n) is 42.5. The molecule has 0 aliphatic rings. The minimum absolute atomic E-state index is 0.108. The van der Waals surface area contributed by atoms with E-state index >= 15 is 0 Å². The molecule has 0 bridgehead atoms. The van der Waals surface area contributed by atoms with E-state index in [1.54, 1.807) is 0 Å². The third kappa shape index (κ3) is 76.1. The van der Waals surface area contributed by atoms with Crippen LogP contribution in [-0.2, 0) is 65.4 Å². The zero-order chi connectivity index (χ0) is 74.2. The summed E-state index contributed by atoms with van der Waals surface area (Å²) in [6, 6.07) is 0. The van der Waals surface area contributed by atoms with Crippen molar-refractivity contribution in [1.82, 2.24) is 0 Å². The lowest BCUT2D eigenvalue weighted by Gasteiger charge is -2.21. The van der Waals surface area contributed by atoms with E-state index in [0.717, 1.165) is 102 Å². The summed E-state index contributed by atoms with van der Waals surface area (Å²) in [5, 5.41) is 10.6. The Morgan fingerprint density at radius 3 is 0.673 bits per heavy atom. The highest BCUT2D eigenvalue weighted by atomic mass is 31.2. The van der Waals surface area contributed by atoms with E-state index in [4.69, 9.17) is 37.0 Å². The fourth-order valence-electron chi connectivity index (χ4n) is 12.7.